The van der Waals surface area contributed by atoms with Crippen LogP contribution in [0.25, 0.3) is 11.0 Å². The van der Waals surface area contributed by atoms with Crippen LogP contribution in [0, 0.1) is 0 Å². The number of fused-ring (bicyclic) bond motifs is 1. The van der Waals surface area contributed by atoms with E-state index in [1.165, 1.54) is 10.8 Å². The van der Waals surface area contributed by atoms with Crippen LogP contribution in [0.3, 0.4) is 0 Å². The molecule has 8 nitrogen and oxygen atoms in total. The largest absolute Gasteiger partial charge is 0.341 e. The van der Waals surface area contributed by atoms with Crippen molar-refractivity contribution in [2.75, 3.05) is 19.3 Å². The number of halogens is 1. The molecule has 1 atom stereocenters. The van der Waals surface area contributed by atoms with Crippen molar-refractivity contribution in [3.05, 3.63) is 75.2 Å². The zero-order valence-electron chi connectivity index (χ0n) is 18.9. The highest BCUT2D eigenvalue weighted by atomic mass is 35.5. The number of amides is 1. The first-order valence-electron chi connectivity index (χ1n) is 11.1. The maximum Gasteiger partial charge on any atom is 0.256 e. The molecular formula is C24H27ClN4O4S. The van der Waals surface area contributed by atoms with Gasteiger partial charge in [-0.3, -0.25) is 14.2 Å². The molecule has 34 heavy (non-hydrogen) atoms. The van der Waals surface area contributed by atoms with Crippen LogP contribution < -0.4 is 10.9 Å². The van der Waals surface area contributed by atoms with Gasteiger partial charge in [-0.25, -0.2) is 13.4 Å². The molecule has 3 heterocycles. The first-order chi connectivity index (χ1) is 16.2. The molecule has 0 spiro atoms. The molecule has 1 aliphatic rings. The Morgan fingerprint density at radius 2 is 1.97 bits per heavy atom. The number of nitrogens with one attached hydrogen (secondary N) is 1. The second kappa shape index (κ2) is 10.2. The number of rotatable bonds is 8. The van der Waals surface area contributed by atoms with Gasteiger partial charge in [-0.2, -0.15) is 0 Å². The monoisotopic (exact) mass is 502 g/mol. The van der Waals surface area contributed by atoms with Gasteiger partial charge in [-0.1, -0.05) is 23.7 Å². The average Bonchev–Trinajstić information content (AvgIpc) is 3.31. The molecule has 1 amide bonds. The van der Waals surface area contributed by atoms with Crippen molar-refractivity contribution < 1.29 is 13.2 Å². The van der Waals surface area contributed by atoms with Gasteiger partial charge in [-0.15, -0.1) is 0 Å². The van der Waals surface area contributed by atoms with Crippen LogP contribution in [-0.4, -0.2) is 53.4 Å². The first kappa shape index (κ1) is 24.4. The third-order valence-electron chi connectivity index (χ3n) is 6.13. The molecule has 1 saturated heterocycles. The average molecular weight is 503 g/mol. The van der Waals surface area contributed by atoms with Crippen molar-refractivity contribution in [3.8, 4) is 0 Å². The van der Waals surface area contributed by atoms with Gasteiger partial charge in [0.1, 0.15) is 5.65 Å². The standard InChI is InChI=1S/C24H27ClN4O4S/c1-34(32,33)21-8-11-28(16-21)22(30)9-12-29-23-18(3-2-10-27-23)13-19(24(29)31)15-26-14-17-4-6-20(25)7-5-17/h2-7,10,13,21,26H,8-9,11-12,14-16H2,1H3. The Labute approximate surface area is 203 Å². The van der Waals surface area contributed by atoms with E-state index in [4.69, 9.17) is 11.6 Å². The fraction of sp³-hybridized carbons (Fsp3) is 0.375. The van der Waals surface area contributed by atoms with Crippen molar-refractivity contribution in [3.63, 3.8) is 0 Å². The van der Waals surface area contributed by atoms with Crippen molar-refractivity contribution in [2.45, 2.75) is 37.7 Å². The van der Waals surface area contributed by atoms with Crippen LogP contribution in [0.4, 0.5) is 0 Å². The number of pyridine rings is 2. The minimum atomic E-state index is -3.18. The van der Waals surface area contributed by atoms with Crippen molar-refractivity contribution in [1.29, 1.82) is 0 Å². The molecule has 0 bridgehead atoms. The normalized spacial score (nSPS) is 16.3. The lowest BCUT2D eigenvalue weighted by Crippen LogP contribution is -2.34. The third-order valence-corrected chi connectivity index (χ3v) is 7.98. The number of hydrogen-bond donors (Lipinski definition) is 1. The van der Waals surface area contributed by atoms with E-state index < -0.39 is 15.1 Å². The predicted octanol–water partition coefficient (Wildman–Crippen LogP) is 2.38. The number of nitrogens with zero attached hydrogens (tertiary/aromatic N) is 3. The molecule has 0 saturated carbocycles. The molecule has 2 aromatic heterocycles. The second-order valence-electron chi connectivity index (χ2n) is 8.60. The van der Waals surface area contributed by atoms with E-state index >= 15 is 0 Å². The minimum absolute atomic E-state index is 0.101. The van der Waals surface area contributed by atoms with Gasteiger partial charge in [0.15, 0.2) is 9.84 Å². The van der Waals surface area contributed by atoms with E-state index in [9.17, 15) is 18.0 Å². The van der Waals surface area contributed by atoms with Gasteiger partial charge in [0.05, 0.1) is 5.25 Å². The van der Waals surface area contributed by atoms with Crippen molar-refractivity contribution >= 4 is 38.4 Å². The summed E-state index contributed by atoms with van der Waals surface area (Å²) in [6.45, 7) is 1.74. The maximum absolute atomic E-state index is 13.2. The summed E-state index contributed by atoms with van der Waals surface area (Å²) in [7, 11) is -3.18. The van der Waals surface area contributed by atoms with E-state index in [0.29, 0.717) is 42.3 Å². The minimum Gasteiger partial charge on any atom is -0.341 e. The third kappa shape index (κ3) is 5.65. The van der Waals surface area contributed by atoms with Crippen LogP contribution >= 0.6 is 11.6 Å². The second-order valence-corrected chi connectivity index (χ2v) is 11.4. The molecule has 1 aliphatic heterocycles. The summed E-state index contributed by atoms with van der Waals surface area (Å²) in [5.74, 6) is -0.159. The maximum atomic E-state index is 13.2. The highest BCUT2D eigenvalue weighted by Crippen LogP contribution is 2.18. The Kier molecular flexibility index (Phi) is 7.35. The first-order valence-corrected chi connectivity index (χ1v) is 13.4. The summed E-state index contributed by atoms with van der Waals surface area (Å²) in [6.07, 6.45) is 3.37. The van der Waals surface area contributed by atoms with Gasteiger partial charge >= 0.3 is 0 Å². The van der Waals surface area contributed by atoms with Gasteiger partial charge in [0.2, 0.25) is 5.91 Å². The van der Waals surface area contributed by atoms with Crippen LogP contribution in [-0.2, 0) is 34.3 Å². The van der Waals surface area contributed by atoms with Gasteiger partial charge in [0.25, 0.3) is 5.56 Å². The fourth-order valence-electron chi connectivity index (χ4n) is 4.21. The van der Waals surface area contributed by atoms with Crippen LogP contribution in [0.1, 0.15) is 24.0 Å². The highest BCUT2D eigenvalue weighted by molar-refractivity contribution is 7.91. The van der Waals surface area contributed by atoms with E-state index in [1.54, 1.807) is 11.1 Å². The van der Waals surface area contributed by atoms with Gasteiger partial charge in [0, 0.05) is 67.6 Å². The molecule has 10 heteroatoms. The van der Waals surface area contributed by atoms with E-state index in [1.807, 2.05) is 42.5 Å². The Morgan fingerprint density at radius 1 is 1.21 bits per heavy atom. The molecule has 1 fully saturated rings. The SMILES string of the molecule is CS(=O)(=O)C1CCN(C(=O)CCn2c(=O)c(CNCc3ccc(Cl)cc3)cc3cccnc32)C1. The molecule has 1 N–H and O–H groups in total. The highest BCUT2D eigenvalue weighted by Gasteiger charge is 2.32. The lowest BCUT2D eigenvalue weighted by molar-refractivity contribution is -0.130. The lowest BCUT2D eigenvalue weighted by atomic mass is 10.1. The van der Waals surface area contributed by atoms with Crippen LogP contribution in [0.5, 0.6) is 0 Å². The molecule has 180 valence electrons. The van der Waals surface area contributed by atoms with Gasteiger partial charge < -0.3 is 10.2 Å². The smallest absolute Gasteiger partial charge is 0.256 e. The summed E-state index contributed by atoms with van der Waals surface area (Å²) in [5, 5.41) is 4.26. The molecule has 0 aliphatic carbocycles. The van der Waals surface area contributed by atoms with Crippen LogP contribution in [0.2, 0.25) is 5.02 Å². The van der Waals surface area contributed by atoms with Crippen molar-refractivity contribution in [2.24, 2.45) is 0 Å². The Morgan fingerprint density at radius 3 is 2.68 bits per heavy atom. The number of carbonyl (C=O) groups excluding carboxylic acids is 1. The van der Waals surface area contributed by atoms with E-state index in [-0.39, 0.29) is 31.0 Å². The number of hydrogen-bond acceptors (Lipinski definition) is 6. The fourth-order valence-corrected chi connectivity index (χ4v) is 5.32. The molecular weight excluding hydrogens is 476 g/mol. The topological polar surface area (TPSA) is 101 Å². The summed E-state index contributed by atoms with van der Waals surface area (Å²) < 4.78 is 25.1. The van der Waals surface area contributed by atoms with E-state index in [0.717, 1.165) is 10.9 Å². The molecule has 1 aromatic carbocycles. The van der Waals surface area contributed by atoms with E-state index in [2.05, 4.69) is 10.3 Å². The molecule has 4 rings (SSSR count). The number of aryl methyl sites for hydroxylation is 1. The van der Waals surface area contributed by atoms with Crippen molar-refractivity contribution in [1.82, 2.24) is 19.8 Å². The Balaban J connectivity index is 1.48. The van der Waals surface area contributed by atoms with Gasteiger partial charge in [-0.05, 0) is 42.3 Å². The zero-order chi connectivity index (χ0) is 24.3. The zero-order valence-corrected chi connectivity index (χ0v) is 20.5. The predicted molar refractivity (Wildman–Crippen MR) is 132 cm³/mol. The molecule has 1 unspecified atom stereocenters. The number of aromatic nitrogens is 2. The molecule has 3 aromatic rings. The summed E-state index contributed by atoms with van der Waals surface area (Å²) >= 11 is 5.93. The summed E-state index contributed by atoms with van der Waals surface area (Å²) in [6, 6.07) is 13.0. The number of carbonyl (C=O) groups is 1. The number of benzene rings is 1. The number of sulfone groups is 1. The summed E-state index contributed by atoms with van der Waals surface area (Å²) in [5.41, 5.74) is 1.96. The Bertz CT molecular complexity index is 1360. The Hall–Kier alpha value is -2.75. The van der Waals surface area contributed by atoms with Crippen LogP contribution in [0.15, 0.2) is 53.5 Å². The number of likely N-dealkylation sites (tertiary alicyclic amines) is 1. The molecule has 0 radical (unpaired) electrons. The summed E-state index contributed by atoms with van der Waals surface area (Å²) in [4.78, 5) is 31.9. The lowest BCUT2D eigenvalue weighted by Gasteiger charge is -2.17. The quantitative estimate of drug-likeness (QED) is 0.507.